The quantitative estimate of drug-likeness (QED) is 0.489. The second-order valence-corrected chi connectivity index (χ2v) is 10.3. The zero-order valence-corrected chi connectivity index (χ0v) is 19.5. The molecule has 10 heteroatoms. The van der Waals surface area contributed by atoms with Crippen LogP contribution < -0.4 is 0 Å². The average molecular weight is 442 g/mol. The van der Waals surface area contributed by atoms with Crippen molar-refractivity contribution in [3.05, 3.63) is 10.0 Å². The van der Waals surface area contributed by atoms with Crippen LogP contribution in [0.5, 0.6) is 0 Å². The summed E-state index contributed by atoms with van der Waals surface area (Å²) in [4.78, 5) is 37.9. The first-order valence-corrected chi connectivity index (χ1v) is 10.8. The van der Waals surface area contributed by atoms with Gasteiger partial charge in [0.15, 0.2) is 0 Å². The minimum atomic E-state index is -0.727. The maximum atomic E-state index is 12.6. The predicted molar refractivity (Wildman–Crippen MR) is 111 cm³/mol. The van der Waals surface area contributed by atoms with Gasteiger partial charge in [-0.1, -0.05) is 11.3 Å². The Morgan fingerprint density at radius 1 is 1.00 bits per heavy atom. The van der Waals surface area contributed by atoms with Crippen molar-refractivity contribution in [1.82, 2.24) is 15.1 Å². The molecule has 1 aliphatic carbocycles. The first-order valence-electron chi connectivity index (χ1n) is 10.0. The Morgan fingerprint density at radius 3 is 2.00 bits per heavy atom. The van der Waals surface area contributed by atoms with Crippen molar-refractivity contribution < 1.29 is 28.6 Å². The molecular weight excluding hydrogens is 410 g/mol. The average Bonchev–Trinajstić information content (AvgIpc) is 2.99. The number of nitrogens with zero attached hydrogens (tertiary/aromatic N) is 3. The first-order chi connectivity index (χ1) is 13.8. The van der Waals surface area contributed by atoms with Gasteiger partial charge in [-0.3, -0.25) is 0 Å². The van der Waals surface area contributed by atoms with Crippen LogP contribution in [0.2, 0.25) is 0 Å². The molecule has 1 aromatic rings. The predicted octanol–water partition coefficient (Wildman–Crippen LogP) is 4.38. The van der Waals surface area contributed by atoms with E-state index in [4.69, 9.17) is 14.2 Å². The van der Waals surface area contributed by atoms with Gasteiger partial charge < -0.3 is 14.2 Å². The maximum Gasteiger partial charge on any atom is 0.419 e. The second-order valence-electron chi connectivity index (χ2n) is 9.27. The SMILES string of the molecule is CCOC(=O)c1nnc(C2CC(CN(C(=O)OC(C)(C)C)C(=O)OC(C)(C)C)C2)s1. The third-order valence-corrected chi connectivity index (χ3v) is 5.21. The van der Waals surface area contributed by atoms with E-state index in [1.54, 1.807) is 48.5 Å². The number of imide groups is 1. The van der Waals surface area contributed by atoms with E-state index in [2.05, 4.69) is 10.2 Å². The smallest absolute Gasteiger partial charge is 0.419 e. The molecular formula is C20H31N3O6S. The molecule has 2 amide bonds. The molecule has 1 aromatic heterocycles. The van der Waals surface area contributed by atoms with Crippen LogP contribution in [0, 0.1) is 5.92 Å². The summed E-state index contributed by atoms with van der Waals surface area (Å²) in [6.45, 7) is 12.7. The van der Waals surface area contributed by atoms with Crippen LogP contribution in [0.3, 0.4) is 0 Å². The Hall–Kier alpha value is -2.23. The van der Waals surface area contributed by atoms with Crippen LogP contribution in [-0.4, -0.2) is 57.6 Å². The Bertz CT molecular complexity index is 746. The van der Waals surface area contributed by atoms with Crippen molar-refractivity contribution in [2.75, 3.05) is 13.2 Å². The number of carbonyl (C=O) groups is 3. The fourth-order valence-corrected chi connectivity index (χ4v) is 3.74. The lowest BCUT2D eigenvalue weighted by Crippen LogP contribution is -2.47. The van der Waals surface area contributed by atoms with Crippen LogP contribution in [-0.2, 0) is 14.2 Å². The molecule has 0 spiro atoms. The lowest BCUT2D eigenvalue weighted by molar-refractivity contribution is -0.00478. The highest BCUT2D eigenvalue weighted by atomic mass is 32.1. The fourth-order valence-electron chi connectivity index (χ4n) is 2.88. The number of rotatable bonds is 5. The van der Waals surface area contributed by atoms with Gasteiger partial charge in [-0.25, -0.2) is 19.3 Å². The molecule has 0 atom stereocenters. The van der Waals surface area contributed by atoms with E-state index in [1.165, 1.54) is 11.3 Å². The van der Waals surface area contributed by atoms with E-state index in [0.29, 0.717) is 0 Å². The lowest BCUT2D eigenvalue weighted by Gasteiger charge is -2.37. The van der Waals surface area contributed by atoms with E-state index in [-0.39, 0.29) is 30.0 Å². The highest BCUT2D eigenvalue weighted by Crippen LogP contribution is 2.43. The molecule has 0 bridgehead atoms. The summed E-state index contributed by atoms with van der Waals surface area (Å²) < 4.78 is 15.7. The van der Waals surface area contributed by atoms with Gasteiger partial charge in [0.1, 0.15) is 16.2 Å². The number of ether oxygens (including phenoxy) is 3. The lowest BCUT2D eigenvalue weighted by atomic mass is 9.75. The molecule has 9 nitrogen and oxygen atoms in total. The zero-order valence-electron chi connectivity index (χ0n) is 18.7. The van der Waals surface area contributed by atoms with Gasteiger partial charge in [0.05, 0.1) is 6.61 Å². The van der Waals surface area contributed by atoms with Gasteiger partial charge in [0.25, 0.3) is 0 Å². The van der Waals surface area contributed by atoms with Gasteiger partial charge in [-0.15, -0.1) is 10.2 Å². The number of hydrogen-bond acceptors (Lipinski definition) is 9. The third-order valence-electron chi connectivity index (χ3n) is 4.14. The molecule has 168 valence electrons. The van der Waals surface area contributed by atoms with E-state index in [9.17, 15) is 14.4 Å². The summed E-state index contributed by atoms with van der Waals surface area (Å²) in [5.41, 5.74) is -1.45. The van der Waals surface area contributed by atoms with E-state index in [0.717, 1.165) is 22.7 Å². The minimum absolute atomic E-state index is 0.0879. The Labute approximate surface area is 181 Å². The monoisotopic (exact) mass is 441 g/mol. The molecule has 0 unspecified atom stereocenters. The van der Waals surface area contributed by atoms with E-state index < -0.39 is 29.4 Å². The molecule has 1 aliphatic rings. The van der Waals surface area contributed by atoms with Crippen molar-refractivity contribution in [2.45, 2.75) is 78.4 Å². The van der Waals surface area contributed by atoms with E-state index >= 15 is 0 Å². The second kappa shape index (κ2) is 9.28. The van der Waals surface area contributed by atoms with Crippen molar-refractivity contribution in [2.24, 2.45) is 5.92 Å². The molecule has 0 radical (unpaired) electrons. The van der Waals surface area contributed by atoms with Gasteiger partial charge >= 0.3 is 18.2 Å². The highest BCUT2D eigenvalue weighted by molar-refractivity contribution is 7.13. The summed E-state index contributed by atoms with van der Waals surface area (Å²) in [6.07, 6.45) is 0.000436. The van der Waals surface area contributed by atoms with Crippen molar-refractivity contribution in [3.63, 3.8) is 0 Å². The standard InChI is InChI=1S/C20H31N3O6S/c1-8-27-16(24)15-22-21-14(30-15)13-9-12(10-13)11-23(17(25)28-19(2,3)4)18(26)29-20(5,6)7/h12-13H,8-11H2,1-7H3. The van der Waals surface area contributed by atoms with Gasteiger partial charge in [-0.2, -0.15) is 0 Å². The molecule has 0 N–H and O–H groups in total. The summed E-state index contributed by atoms with van der Waals surface area (Å²) in [6, 6.07) is 0. The van der Waals surface area contributed by atoms with E-state index in [1.807, 2.05) is 0 Å². The number of esters is 1. The van der Waals surface area contributed by atoms with Crippen LogP contribution in [0.4, 0.5) is 9.59 Å². The first kappa shape index (κ1) is 24.0. The Morgan fingerprint density at radius 2 is 1.53 bits per heavy atom. The summed E-state index contributed by atoms with van der Waals surface area (Å²) >= 11 is 1.22. The third kappa shape index (κ3) is 6.93. The molecule has 1 fully saturated rings. The normalized spacial score (nSPS) is 18.9. The molecule has 30 heavy (non-hydrogen) atoms. The number of amides is 2. The van der Waals surface area contributed by atoms with Gasteiger partial charge in [0.2, 0.25) is 5.01 Å². The summed E-state index contributed by atoms with van der Waals surface area (Å²) in [7, 11) is 0. The molecule has 0 aromatic carbocycles. The number of aromatic nitrogens is 2. The van der Waals surface area contributed by atoms with Gasteiger partial charge in [-0.05, 0) is 67.2 Å². The van der Waals surface area contributed by atoms with Crippen molar-refractivity contribution in [1.29, 1.82) is 0 Å². The number of carbonyl (C=O) groups excluding carboxylic acids is 3. The fraction of sp³-hybridized carbons (Fsp3) is 0.750. The van der Waals surface area contributed by atoms with Gasteiger partial charge in [0, 0.05) is 12.5 Å². The maximum absolute atomic E-state index is 12.6. The molecule has 0 aliphatic heterocycles. The van der Waals surface area contributed by atoms with Crippen LogP contribution in [0.25, 0.3) is 0 Å². The molecule has 1 heterocycles. The Kier molecular flexibility index (Phi) is 7.44. The van der Waals surface area contributed by atoms with Crippen LogP contribution in [0.15, 0.2) is 0 Å². The van der Waals surface area contributed by atoms with Crippen LogP contribution >= 0.6 is 11.3 Å². The number of hydrogen-bond donors (Lipinski definition) is 0. The zero-order chi connectivity index (χ0) is 22.7. The summed E-state index contributed by atoms with van der Waals surface area (Å²) in [5.74, 6) is -0.252. The van der Waals surface area contributed by atoms with Crippen molar-refractivity contribution in [3.8, 4) is 0 Å². The largest absolute Gasteiger partial charge is 0.461 e. The van der Waals surface area contributed by atoms with Crippen LogP contribution in [0.1, 0.15) is 82.0 Å². The molecule has 1 saturated carbocycles. The molecule has 2 rings (SSSR count). The van der Waals surface area contributed by atoms with Crippen molar-refractivity contribution >= 4 is 29.5 Å². The minimum Gasteiger partial charge on any atom is -0.461 e. The molecule has 0 saturated heterocycles. The highest BCUT2D eigenvalue weighted by Gasteiger charge is 2.39. The topological polar surface area (TPSA) is 108 Å². The Balaban J connectivity index is 1.99. The summed E-state index contributed by atoms with van der Waals surface area (Å²) in [5, 5.41) is 8.98.